The van der Waals surface area contributed by atoms with E-state index in [1.807, 2.05) is 6.20 Å². The number of halogens is 3. The van der Waals surface area contributed by atoms with E-state index < -0.39 is 11.7 Å². The van der Waals surface area contributed by atoms with Crippen LogP contribution in [0.1, 0.15) is 54.7 Å². The summed E-state index contributed by atoms with van der Waals surface area (Å²) < 4.78 is 47.9. The van der Waals surface area contributed by atoms with E-state index in [0.29, 0.717) is 41.1 Å². The van der Waals surface area contributed by atoms with Crippen molar-refractivity contribution in [3.63, 3.8) is 0 Å². The van der Waals surface area contributed by atoms with Gasteiger partial charge in [-0.2, -0.15) is 13.2 Å². The number of piperidine rings is 1. The number of likely N-dealkylation sites (tertiary alicyclic amines) is 1. The third-order valence-corrected chi connectivity index (χ3v) is 7.80. The van der Waals surface area contributed by atoms with Gasteiger partial charge in [-0.05, 0) is 37.7 Å². The Morgan fingerprint density at radius 1 is 1.10 bits per heavy atom. The molecule has 2 aromatic rings. The molecule has 4 aliphatic rings. The highest BCUT2D eigenvalue weighted by atomic mass is 19.4. The van der Waals surface area contributed by atoms with Crippen molar-refractivity contribution >= 4 is 0 Å². The van der Waals surface area contributed by atoms with Gasteiger partial charge in [0.2, 0.25) is 0 Å². The SMILES string of the molecule is Cc1ncc(-c2cn(C3[C@H]4CN(C5COC5)C[C@@H]34)c(C3CCCC3)n2)cc1C(F)(F)F. The van der Waals surface area contributed by atoms with E-state index in [0.717, 1.165) is 45.0 Å². The van der Waals surface area contributed by atoms with E-state index in [-0.39, 0.29) is 5.69 Å². The molecule has 2 aromatic heterocycles. The summed E-state index contributed by atoms with van der Waals surface area (Å²) in [7, 11) is 0. The average Bonchev–Trinajstić information content (AvgIpc) is 3.17. The lowest BCUT2D eigenvalue weighted by molar-refractivity contribution is -0.138. The third-order valence-electron chi connectivity index (χ3n) is 7.80. The first-order valence-corrected chi connectivity index (χ1v) is 11.3. The Balaban J connectivity index is 1.32. The van der Waals surface area contributed by atoms with E-state index >= 15 is 0 Å². The van der Waals surface area contributed by atoms with Crippen LogP contribution >= 0.6 is 0 Å². The summed E-state index contributed by atoms with van der Waals surface area (Å²) in [5.74, 6) is 2.71. The highest BCUT2D eigenvalue weighted by molar-refractivity contribution is 5.59. The molecule has 3 atom stereocenters. The van der Waals surface area contributed by atoms with Gasteiger partial charge in [0.05, 0.1) is 30.5 Å². The van der Waals surface area contributed by atoms with E-state index in [2.05, 4.69) is 14.5 Å². The normalized spacial score (nSPS) is 29.4. The topological polar surface area (TPSA) is 43.2 Å². The minimum Gasteiger partial charge on any atom is -0.378 e. The Kier molecular flexibility index (Phi) is 4.48. The fourth-order valence-electron chi connectivity index (χ4n) is 5.90. The van der Waals surface area contributed by atoms with Gasteiger partial charge in [0.1, 0.15) is 5.82 Å². The van der Waals surface area contributed by atoms with E-state index in [9.17, 15) is 13.2 Å². The van der Waals surface area contributed by atoms with Gasteiger partial charge >= 0.3 is 6.18 Å². The number of pyridine rings is 1. The molecule has 8 heteroatoms. The number of fused-ring (bicyclic) bond motifs is 1. The van der Waals surface area contributed by atoms with Gasteiger partial charge in [-0.3, -0.25) is 9.88 Å². The molecule has 0 aromatic carbocycles. The first kappa shape index (κ1) is 19.7. The van der Waals surface area contributed by atoms with Gasteiger partial charge in [0, 0.05) is 48.7 Å². The van der Waals surface area contributed by atoms with E-state index in [1.54, 1.807) is 0 Å². The zero-order valence-electron chi connectivity index (χ0n) is 17.6. The number of rotatable bonds is 4. The van der Waals surface area contributed by atoms with Crippen molar-refractivity contribution in [2.75, 3.05) is 26.3 Å². The number of alkyl halides is 3. The molecule has 0 radical (unpaired) electrons. The number of hydrogen-bond donors (Lipinski definition) is 0. The second-order valence-corrected chi connectivity index (χ2v) is 9.69. The van der Waals surface area contributed by atoms with Crippen LogP contribution in [-0.4, -0.2) is 51.8 Å². The van der Waals surface area contributed by atoms with Crippen LogP contribution in [0, 0.1) is 18.8 Å². The van der Waals surface area contributed by atoms with Gasteiger partial charge in [0.25, 0.3) is 0 Å². The summed E-state index contributed by atoms with van der Waals surface area (Å²) in [6.45, 7) is 5.26. The van der Waals surface area contributed by atoms with Gasteiger partial charge in [-0.15, -0.1) is 0 Å². The molecule has 2 saturated heterocycles. The maximum Gasteiger partial charge on any atom is 0.418 e. The molecule has 4 heterocycles. The van der Waals surface area contributed by atoms with Crippen LogP contribution in [0.2, 0.25) is 0 Å². The summed E-state index contributed by atoms with van der Waals surface area (Å²) in [5, 5.41) is 0. The second-order valence-electron chi connectivity index (χ2n) is 9.69. The molecular weight excluding hydrogens is 405 g/mol. The van der Waals surface area contributed by atoms with Crippen LogP contribution in [0.3, 0.4) is 0 Å². The predicted octanol–water partition coefficient (Wildman–Crippen LogP) is 4.43. The Bertz CT molecular complexity index is 981. The Morgan fingerprint density at radius 2 is 1.81 bits per heavy atom. The number of nitrogens with zero attached hydrogens (tertiary/aromatic N) is 4. The summed E-state index contributed by atoms with van der Waals surface area (Å²) >= 11 is 0. The van der Waals surface area contributed by atoms with Crippen molar-refractivity contribution in [3.05, 3.63) is 35.5 Å². The van der Waals surface area contributed by atoms with Crippen LogP contribution < -0.4 is 0 Å². The molecule has 0 bridgehead atoms. The molecule has 6 rings (SSSR count). The average molecular weight is 432 g/mol. The molecule has 0 N–H and O–H groups in total. The van der Waals surface area contributed by atoms with Crippen molar-refractivity contribution in [2.45, 2.75) is 56.8 Å². The van der Waals surface area contributed by atoms with E-state index in [4.69, 9.17) is 9.72 Å². The maximum atomic E-state index is 13.4. The fourth-order valence-corrected chi connectivity index (χ4v) is 5.90. The summed E-state index contributed by atoms with van der Waals surface area (Å²) in [6, 6.07) is 2.20. The Morgan fingerprint density at radius 3 is 2.42 bits per heavy atom. The minimum atomic E-state index is -4.41. The predicted molar refractivity (Wildman–Crippen MR) is 109 cm³/mol. The first-order chi connectivity index (χ1) is 14.9. The number of aromatic nitrogens is 3. The smallest absolute Gasteiger partial charge is 0.378 e. The number of imidazole rings is 1. The molecule has 1 unspecified atom stereocenters. The van der Waals surface area contributed by atoms with E-state index in [1.165, 1.54) is 32.0 Å². The van der Waals surface area contributed by atoms with Gasteiger partial charge in [-0.1, -0.05) is 12.8 Å². The summed E-state index contributed by atoms with van der Waals surface area (Å²) in [4.78, 5) is 11.5. The highest BCUT2D eigenvalue weighted by Crippen LogP contribution is 2.57. The first-order valence-electron chi connectivity index (χ1n) is 11.3. The largest absolute Gasteiger partial charge is 0.418 e. The Hall–Kier alpha value is -1.93. The monoisotopic (exact) mass is 432 g/mol. The molecule has 4 fully saturated rings. The van der Waals surface area contributed by atoms with Crippen LogP contribution in [0.5, 0.6) is 0 Å². The van der Waals surface area contributed by atoms with Gasteiger partial charge in [-0.25, -0.2) is 4.98 Å². The lowest BCUT2D eigenvalue weighted by atomic mass is 10.1. The quantitative estimate of drug-likeness (QED) is 0.717. The van der Waals surface area contributed by atoms with Gasteiger partial charge < -0.3 is 9.30 Å². The van der Waals surface area contributed by atoms with Crippen molar-refractivity contribution in [3.8, 4) is 11.3 Å². The van der Waals surface area contributed by atoms with Crippen molar-refractivity contribution in [1.82, 2.24) is 19.4 Å². The molecule has 0 spiro atoms. The molecule has 2 aliphatic heterocycles. The van der Waals surface area contributed by atoms with Crippen molar-refractivity contribution < 1.29 is 17.9 Å². The molecule has 166 valence electrons. The molecule has 31 heavy (non-hydrogen) atoms. The van der Waals surface area contributed by atoms with Crippen molar-refractivity contribution in [1.29, 1.82) is 0 Å². The van der Waals surface area contributed by atoms with Crippen LogP contribution in [-0.2, 0) is 10.9 Å². The zero-order chi connectivity index (χ0) is 21.3. The molecule has 5 nitrogen and oxygen atoms in total. The Labute approximate surface area is 179 Å². The number of hydrogen-bond acceptors (Lipinski definition) is 4. The van der Waals surface area contributed by atoms with Crippen molar-refractivity contribution in [2.24, 2.45) is 11.8 Å². The summed E-state index contributed by atoms with van der Waals surface area (Å²) in [6.07, 6.45) is 3.75. The standard InChI is InChI=1S/C23H27F3N4O/c1-13-19(23(24,25)26)6-15(7-27-13)20-10-30(22(28-20)14-4-2-3-5-14)21-17-8-29(9-18(17)21)16-11-31-12-16/h6-7,10,14,16-18,21H,2-5,8-9,11-12H2,1H3/t17-,18+,21?. The van der Waals surface area contributed by atoms with Gasteiger partial charge in [0.15, 0.2) is 0 Å². The molecule has 2 aliphatic carbocycles. The maximum absolute atomic E-state index is 13.4. The molecule has 0 amide bonds. The fraction of sp³-hybridized carbons (Fsp3) is 0.652. The highest BCUT2D eigenvalue weighted by Gasteiger charge is 2.58. The third kappa shape index (κ3) is 3.30. The second kappa shape index (κ2) is 7.04. The molecular formula is C23H27F3N4O. The molecule has 2 saturated carbocycles. The number of aryl methyl sites for hydroxylation is 1. The zero-order valence-corrected chi connectivity index (χ0v) is 17.6. The number of ether oxygens (including phenoxy) is 1. The lowest BCUT2D eigenvalue weighted by Gasteiger charge is -2.36. The van der Waals surface area contributed by atoms with Crippen LogP contribution in [0.15, 0.2) is 18.5 Å². The van der Waals surface area contributed by atoms with Crippen LogP contribution in [0.25, 0.3) is 11.3 Å². The lowest BCUT2D eigenvalue weighted by Crippen LogP contribution is -2.49. The van der Waals surface area contributed by atoms with Crippen LogP contribution in [0.4, 0.5) is 13.2 Å². The summed E-state index contributed by atoms with van der Waals surface area (Å²) in [5.41, 5.74) is 0.399. The minimum absolute atomic E-state index is 0.00323.